The lowest BCUT2D eigenvalue weighted by Crippen LogP contribution is -2.49. The molecule has 3 rings (SSSR count). The Kier molecular flexibility index (Phi) is 4.15. The summed E-state index contributed by atoms with van der Waals surface area (Å²) >= 11 is 0. The highest BCUT2D eigenvalue weighted by molar-refractivity contribution is 5.94. The summed E-state index contributed by atoms with van der Waals surface area (Å²) < 4.78 is 0. The standard InChI is InChI=1S/C18H18N4O/c19-13-15-12-16(20)6-7-17(15)21-8-10-22(11-9-21)18(23)14-4-2-1-3-5-14/h1-7,12H,8-11,20H2. The third kappa shape index (κ3) is 3.11. The number of piperazine rings is 1. The summed E-state index contributed by atoms with van der Waals surface area (Å²) in [5.74, 6) is 0.0584. The van der Waals surface area contributed by atoms with E-state index in [2.05, 4.69) is 11.0 Å². The van der Waals surface area contributed by atoms with E-state index in [0.29, 0.717) is 43.0 Å². The van der Waals surface area contributed by atoms with Crippen molar-refractivity contribution in [1.82, 2.24) is 4.90 Å². The lowest BCUT2D eigenvalue weighted by Gasteiger charge is -2.36. The first-order valence-electron chi connectivity index (χ1n) is 7.58. The zero-order valence-corrected chi connectivity index (χ0v) is 12.8. The summed E-state index contributed by atoms with van der Waals surface area (Å²) in [4.78, 5) is 16.4. The predicted octanol–water partition coefficient (Wildman–Crippen LogP) is 2.10. The Morgan fingerprint density at radius 3 is 2.39 bits per heavy atom. The number of rotatable bonds is 2. The molecule has 0 aliphatic carbocycles. The van der Waals surface area contributed by atoms with Gasteiger partial charge in [-0.25, -0.2) is 0 Å². The molecule has 1 heterocycles. The highest BCUT2D eigenvalue weighted by Gasteiger charge is 2.23. The highest BCUT2D eigenvalue weighted by atomic mass is 16.2. The molecule has 1 saturated heterocycles. The van der Waals surface area contributed by atoms with Gasteiger partial charge < -0.3 is 15.5 Å². The smallest absolute Gasteiger partial charge is 0.253 e. The van der Waals surface area contributed by atoms with Crippen LogP contribution < -0.4 is 10.6 Å². The molecular formula is C18H18N4O. The van der Waals surface area contributed by atoms with Crippen molar-refractivity contribution < 1.29 is 4.79 Å². The van der Waals surface area contributed by atoms with Crippen LogP contribution in [0.2, 0.25) is 0 Å². The van der Waals surface area contributed by atoms with Gasteiger partial charge in [-0.3, -0.25) is 4.79 Å². The van der Waals surface area contributed by atoms with Gasteiger partial charge in [0.15, 0.2) is 0 Å². The number of carbonyl (C=O) groups is 1. The van der Waals surface area contributed by atoms with E-state index in [-0.39, 0.29) is 5.91 Å². The zero-order chi connectivity index (χ0) is 16.2. The number of amides is 1. The van der Waals surface area contributed by atoms with Crippen LogP contribution in [0.5, 0.6) is 0 Å². The van der Waals surface area contributed by atoms with Crippen LogP contribution in [0.4, 0.5) is 11.4 Å². The Labute approximate surface area is 135 Å². The van der Waals surface area contributed by atoms with Gasteiger partial charge in [0, 0.05) is 37.4 Å². The lowest BCUT2D eigenvalue weighted by molar-refractivity contribution is 0.0747. The number of nitrogens with zero attached hydrogens (tertiary/aromatic N) is 3. The summed E-state index contributed by atoms with van der Waals surface area (Å²) in [6.45, 7) is 2.69. The van der Waals surface area contributed by atoms with Crippen molar-refractivity contribution in [1.29, 1.82) is 5.26 Å². The maximum atomic E-state index is 12.4. The number of hydrogen-bond donors (Lipinski definition) is 1. The van der Waals surface area contributed by atoms with Crippen LogP contribution in [0.1, 0.15) is 15.9 Å². The monoisotopic (exact) mass is 306 g/mol. The van der Waals surface area contributed by atoms with Crippen LogP contribution >= 0.6 is 0 Å². The van der Waals surface area contributed by atoms with E-state index in [0.717, 1.165) is 5.69 Å². The number of hydrogen-bond acceptors (Lipinski definition) is 4. The van der Waals surface area contributed by atoms with Gasteiger partial charge in [0.1, 0.15) is 6.07 Å². The van der Waals surface area contributed by atoms with Gasteiger partial charge in [-0.2, -0.15) is 5.26 Å². The van der Waals surface area contributed by atoms with Crippen LogP contribution in [0.15, 0.2) is 48.5 Å². The fourth-order valence-corrected chi connectivity index (χ4v) is 2.83. The largest absolute Gasteiger partial charge is 0.399 e. The maximum absolute atomic E-state index is 12.4. The summed E-state index contributed by atoms with van der Waals surface area (Å²) in [5.41, 5.74) is 8.50. The molecule has 1 amide bonds. The van der Waals surface area contributed by atoms with Gasteiger partial charge in [0.05, 0.1) is 11.3 Å². The first-order chi connectivity index (χ1) is 11.2. The predicted molar refractivity (Wildman–Crippen MR) is 90.1 cm³/mol. The quantitative estimate of drug-likeness (QED) is 0.862. The molecule has 23 heavy (non-hydrogen) atoms. The van der Waals surface area contributed by atoms with Crippen LogP contribution in [0.3, 0.4) is 0 Å². The number of benzene rings is 2. The average Bonchev–Trinajstić information content (AvgIpc) is 2.62. The number of nitriles is 1. The lowest BCUT2D eigenvalue weighted by atomic mass is 10.1. The molecule has 5 heteroatoms. The van der Waals surface area contributed by atoms with E-state index < -0.39 is 0 Å². The Hall–Kier alpha value is -3.00. The summed E-state index contributed by atoms with van der Waals surface area (Å²) in [5, 5.41) is 9.27. The number of anilines is 2. The Bertz CT molecular complexity index is 743. The average molecular weight is 306 g/mol. The summed E-state index contributed by atoms with van der Waals surface area (Å²) in [7, 11) is 0. The Balaban J connectivity index is 1.70. The zero-order valence-electron chi connectivity index (χ0n) is 12.8. The second-order valence-electron chi connectivity index (χ2n) is 5.53. The van der Waals surface area contributed by atoms with Gasteiger partial charge in [-0.1, -0.05) is 18.2 Å². The van der Waals surface area contributed by atoms with Crippen LogP contribution in [0, 0.1) is 11.3 Å². The van der Waals surface area contributed by atoms with E-state index in [1.807, 2.05) is 41.3 Å². The van der Waals surface area contributed by atoms with Crippen molar-refractivity contribution >= 4 is 17.3 Å². The highest BCUT2D eigenvalue weighted by Crippen LogP contribution is 2.24. The molecule has 116 valence electrons. The van der Waals surface area contributed by atoms with Gasteiger partial charge >= 0.3 is 0 Å². The molecule has 2 N–H and O–H groups in total. The molecule has 1 aliphatic rings. The molecule has 0 radical (unpaired) electrons. The molecule has 2 aromatic rings. The molecule has 0 bridgehead atoms. The van der Waals surface area contributed by atoms with E-state index in [1.165, 1.54) is 0 Å². The molecule has 0 saturated carbocycles. The second-order valence-corrected chi connectivity index (χ2v) is 5.53. The van der Waals surface area contributed by atoms with Crippen molar-refractivity contribution in [2.24, 2.45) is 0 Å². The number of nitrogens with two attached hydrogens (primary N) is 1. The molecule has 0 unspecified atom stereocenters. The Morgan fingerprint density at radius 2 is 1.74 bits per heavy atom. The fraction of sp³-hybridized carbons (Fsp3) is 0.222. The molecular weight excluding hydrogens is 288 g/mol. The van der Waals surface area contributed by atoms with Gasteiger partial charge in [0.2, 0.25) is 0 Å². The molecule has 0 aromatic heterocycles. The van der Waals surface area contributed by atoms with Crippen molar-refractivity contribution in [2.45, 2.75) is 0 Å². The third-order valence-corrected chi connectivity index (χ3v) is 4.07. The van der Waals surface area contributed by atoms with Crippen LogP contribution in [-0.4, -0.2) is 37.0 Å². The molecule has 5 nitrogen and oxygen atoms in total. The van der Waals surface area contributed by atoms with E-state index >= 15 is 0 Å². The third-order valence-electron chi connectivity index (χ3n) is 4.07. The fourth-order valence-electron chi connectivity index (χ4n) is 2.83. The van der Waals surface area contributed by atoms with Crippen LogP contribution in [0.25, 0.3) is 0 Å². The summed E-state index contributed by atoms with van der Waals surface area (Å²) in [6, 6.07) is 16.9. The Morgan fingerprint density at radius 1 is 1.04 bits per heavy atom. The maximum Gasteiger partial charge on any atom is 0.253 e. The van der Waals surface area contributed by atoms with E-state index in [4.69, 9.17) is 5.73 Å². The van der Waals surface area contributed by atoms with Gasteiger partial charge in [-0.15, -0.1) is 0 Å². The number of carbonyl (C=O) groups excluding carboxylic acids is 1. The molecule has 2 aromatic carbocycles. The van der Waals surface area contributed by atoms with E-state index in [1.54, 1.807) is 12.1 Å². The van der Waals surface area contributed by atoms with Crippen molar-refractivity contribution in [3.05, 3.63) is 59.7 Å². The molecule has 0 atom stereocenters. The van der Waals surface area contributed by atoms with Crippen molar-refractivity contribution in [3.8, 4) is 6.07 Å². The van der Waals surface area contributed by atoms with Gasteiger partial charge in [0.25, 0.3) is 5.91 Å². The van der Waals surface area contributed by atoms with Crippen LogP contribution in [-0.2, 0) is 0 Å². The van der Waals surface area contributed by atoms with Crippen molar-refractivity contribution in [3.63, 3.8) is 0 Å². The SMILES string of the molecule is N#Cc1cc(N)ccc1N1CCN(C(=O)c2ccccc2)CC1. The topological polar surface area (TPSA) is 73.4 Å². The first kappa shape index (κ1) is 14.9. The number of nitrogen functional groups attached to an aromatic ring is 1. The molecule has 1 fully saturated rings. The van der Waals surface area contributed by atoms with E-state index in [9.17, 15) is 10.1 Å². The molecule has 0 spiro atoms. The van der Waals surface area contributed by atoms with Gasteiger partial charge in [-0.05, 0) is 30.3 Å². The normalized spacial score (nSPS) is 14.4. The minimum absolute atomic E-state index is 0.0584. The molecule has 1 aliphatic heterocycles. The first-order valence-corrected chi connectivity index (χ1v) is 7.58. The minimum atomic E-state index is 0.0584. The van der Waals surface area contributed by atoms with Crippen molar-refractivity contribution in [2.75, 3.05) is 36.8 Å². The minimum Gasteiger partial charge on any atom is -0.399 e. The summed E-state index contributed by atoms with van der Waals surface area (Å²) in [6.07, 6.45) is 0. The second kappa shape index (κ2) is 6.41.